The van der Waals surface area contributed by atoms with Crippen molar-refractivity contribution < 1.29 is 8.42 Å². The fraction of sp³-hybridized carbons (Fsp3) is 0.538. The number of hydrogen-bond donors (Lipinski definition) is 2. The van der Waals surface area contributed by atoms with Gasteiger partial charge in [0.05, 0.1) is 5.25 Å². The molecule has 1 aromatic carbocycles. The number of hydrogen-bond acceptors (Lipinski definition) is 3. The van der Waals surface area contributed by atoms with Crippen LogP contribution in [0, 0.1) is 0 Å². The average Bonchev–Trinajstić information content (AvgIpc) is 3.18. The Bertz CT molecular complexity index is 516. The monoisotopic (exact) mass is 266 g/mol. The van der Waals surface area contributed by atoms with Crippen LogP contribution in [0.25, 0.3) is 0 Å². The third kappa shape index (κ3) is 3.03. The van der Waals surface area contributed by atoms with E-state index in [1.54, 1.807) is 0 Å². The number of sulfonamides is 1. The van der Waals surface area contributed by atoms with Gasteiger partial charge in [-0.2, -0.15) is 0 Å². The first kappa shape index (κ1) is 12.0. The summed E-state index contributed by atoms with van der Waals surface area (Å²) in [5.41, 5.74) is 1.85. The van der Waals surface area contributed by atoms with Gasteiger partial charge in [0.1, 0.15) is 0 Å². The Hall–Kier alpha value is -1.07. The van der Waals surface area contributed by atoms with Crippen LogP contribution in [0.5, 0.6) is 0 Å². The second-order valence-corrected chi connectivity index (χ2v) is 7.16. The number of benzene rings is 1. The molecule has 0 amide bonds. The van der Waals surface area contributed by atoms with Crippen molar-refractivity contribution in [2.75, 3.05) is 4.72 Å². The highest BCUT2D eigenvalue weighted by Gasteiger charge is 2.35. The maximum Gasteiger partial charge on any atom is 0.235 e. The molecule has 18 heavy (non-hydrogen) atoms. The Morgan fingerprint density at radius 1 is 1.06 bits per heavy atom. The molecule has 2 N–H and O–H groups in total. The number of anilines is 1. The summed E-state index contributed by atoms with van der Waals surface area (Å²) in [5.74, 6) is 0. The molecule has 0 aliphatic heterocycles. The second kappa shape index (κ2) is 4.55. The SMILES string of the molecule is O=S(=O)(Nc1ccc(CNC2CC2)cc1)C1CC1. The molecular weight excluding hydrogens is 248 g/mol. The molecule has 2 aliphatic rings. The van der Waals surface area contributed by atoms with Crippen LogP contribution in [0.2, 0.25) is 0 Å². The minimum atomic E-state index is -3.13. The van der Waals surface area contributed by atoms with Gasteiger partial charge in [0.15, 0.2) is 0 Å². The van der Waals surface area contributed by atoms with Gasteiger partial charge in [-0.15, -0.1) is 0 Å². The van der Waals surface area contributed by atoms with Crippen LogP contribution in [0.4, 0.5) is 5.69 Å². The van der Waals surface area contributed by atoms with E-state index < -0.39 is 10.0 Å². The van der Waals surface area contributed by atoms with Crippen molar-refractivity contribution in [3.05, 3.63) is 29.8 Å². The van der Waals surface area contributed by atoms with Crippen molar-refractivity contribution in [1.82, 2.24) is 5.32 Å². The molecule has 2 fully saturated rings. The van der Waals surface area contributed by atoms with Gasteiger partial charge >= 0.3 is 0 Å². The summed E-state index contributed by atoms with van der Waals surface area (Å²) in [4.78, 5) is 0. The van der Waals surface area contributed by atoms with E-state index in [1.165, 1.54) is 18.4 Å². The van der Waals surface area contributed by atoms with Crippen LogP contribution >= 0.6 is 0 Å². The third-order valence-corrected chi connectivity index (χ3v) is 5.22. The van der Waals surface area contributed by atoms with Crippen molar-refractivity contribution in [2.24, 2.45) is 0 Å². The lowest BCUT2D eigenvalue weighted by molar-refractivity contribution is 0.600. The summed E-state index contributed by atoms with van der Waals surface area (Å²) in [7, 11) is -3.13. The van der Waals surface area contributed by atoms with E-state index in [4.69, 9.17) is 0 Å². The fourth-order valence-corrected chi connectivity index (χ4v) is 3.25. The summed E-state index contributed by atoms with van der Waals surface area (Å²) >= 11 is 0. The summed E-state index contributed by atoms with van der Waals surface area (Å²) < 4.78 is 26.1. The molecule has 0 spiro atoms. The Kier molecular flexibility index (Phi) is 3.03. The van der Waals surface area contributed by atoms with E-state index in [9.17, 15) is 8.42 Å². The van der Waals surface area contributed by atoms with Gasteiger partial charge in [0.25, 0.3) is 0 Å². The normalized spacial score (nSPS) is 19.8. The highest BCUT2D eigenvalue weighted by molar-refractivity contribution is 7.93. The topological polar surface area (TPSA) is 58.2 Å². The predicted molar refractivity (Wildman–Crippen MR) is 71.9 cm³/mol. The smallest absolute Gasteiger partial charge is 0.235 e. The second-order valence-electron chi connectivity index (χ2n) is 5.20. The Labute approximate surface area is 108 Å². The molecule has 4 nitrogen and oxygen atoms in total. The Morgan fingerprint density at radius 3 is 2.28 bits per heavy atom. The van der Waals surface area contributed by atoms with Gasteiger partial charge in [0, 0.05) is 18.3 Å². The zero-order valence-electron chi connectivity index (χ0n) is 10.2. The van der Waals surface area contributed by atoms with E-state index in [0.29, 0.717) is 11.7 Å². The van der Waals surface area contributed by atoms with Crippen molar-refractivity contribution >= 4 is 15.7 Å². The molecule has 0 radical (unpaired) electrons. The minimum Gasteiger partial charge on any atom is -0.310 e. The Morgan fingerprint density at radius 2 is 1.72 bits per heavy atom. The van der Waals surface area contributed by atoms with E-state index >= 15 is 0 Å². The van der Waals surface area contributed by atoms with Crippen molar-refractivity contribution in [2.45, 2.75) is 43.5 Å². The molecule has 0 bridgehead atoms. The standard InChI is InChI=1S/C13H18N2O2S/c16-18(17,13-7-8-13)15-12-3-1-10(2-4-12)9-14-11-5-6-11/h1-4,11,13-15H,5-9H2. The first-order chi connectivity index (χ1) is 8.63. The van der Waals surface area contributed by atoms with Crippen molar-refractivity contribution in [1.29, 1.82) is 0 Å². The van der Waals surface area contributed by atoms with Gasteiger partial charge < -0.3 is 5.32 Å². The molecule has 0 saturated heterocycles. The van der Waals surface area contributed by atoms with Gasteiger partial charge in [-0.3, -0.25) is 4.72 Å². The highest BCUT2D eigenvalue weighted by atomic mass is 32.2. The summed E-state index contributed by atoms with van der Waals surface area (Å²) in [5, 5.41) is 3.26. The van der Waals surface area contributed by atoms with Crippen molar-refractivity contribution in [3.8, 4) is 0 Å². The molecule has 0 atom stereocenters. The molecule has 0 aromatic heterocycles. The largest absolute Gasteiger partial charge is 0.310 e. The predicted octanol–water partition coefficient (Wildman–Crippen LogP) is 1.84. The quantitative estimate of drug-likeness (QED) is 0.826. The molecule has 0 heterocycles. The Balaban J connectivity index is 1.59. The fourth-order valence-electron chi connectivity index (χ4n) is 1.87. The molecule has 0 unspecified atom stereocenters. The average molecular weight is 266 g/mol. The van der Waals surface area contributed by atoms with Gasteiger partial charge in [-0.1, -0.05) is 12.1 Å². The molecule has 1 aromatic rings. The first-order valence-electron chi connectivity index (χ1n) is 6.47. The molecule has 2 saturated carbocycles. The van der Waals surface area contributed by atoms with Crippen molar-refractivity contribution in [3.63, 3.8) is 0 Å². The number of rotatable bonds is 6. The maximum atomic E-state index is 11.7. The lowest BCUT2D eigenvalue weighted by Gasteiger charge is -2.08. The van der Waals surface area contributed by atoms with Crippen LogP contribution < -0.4 is 10.0 Å². The van der Waals surface area contributed by atoms with E-state index in [2.05, 4.69) is 10.0 Å². The lowest BCUT2D eigenvalue weighted by Crippen LogP contribution is -2.17. The van der Waals surface area contributed by atoms with Crippen LogP contribution in [-0.2, 0) is 16.6 Å². The van der Waals surface area contributed by atoms with E-state index in [0.717, 1.165) is 19.4 Å². The van der Waals surface area contributed by atoms with Gasteiger partial charge in [-0.25, -0.2) is 8.42 Å². The first-order valence-corrected chi connectivity index (χ1v) is 8.02. The zero-order valence-corrected chi connectivity index (χ0v) is 11.0. The molecule has 2 aliphatic carbocycles. The zero-order chi connectivity index (χ0) is 12.6. The maximum absolute atomic E-state index is 11.7. The number of nitrogens with one attached hydrogen (secondary N) is 2. The molecule has 5 heteroatoms. The molecular formula is C13H18N2O2S. The van der Waals surface area contributed by atoms with Crippen LogP contribution in [0.3, 0.4) is 0 Å². The highest BCUT2D eigenvalue weighted by Crippen LogP contribution is 2.29. The third-order valence-electron chi connectivity index (χ3n) is 3.35. The summed E-state index contributed by atoms with van der Waals surface area (Å²) in [6, 6.07) is 8.31. The van der Waals surface area contributed by atoms with E-state index in [1.807, 2.05) is 24.3 Å². The van der Waals surface area contributed by atoms with Gasteiger partial charge in [-0.05, 0) is 43.4 Å². The summed E-state index contributed by atoms with van der Waals surface area (Å²) in [6.45, 7) is 0.861. The van der Waals surface area contributed by atoms with Crippen LogP contribution in [0.15, 0.2) is 24.3 Å². The summed E-state index contributed by atoms with van der Waals surface area (Å²) in [6.07, 6.45) is 4.13. The molecule has 3 rings (SSSR count). The molecule has 98 valence electrons. The minimum absolute atomic E-state index is 0.172. The van der Waals surface area contributed by atoms with E-state index in [-0.39, 0.29) is 5.25 Å². The van der Waals surface area contributed by atoms with Gasteiger partial charge in [0.2, 0.25) is 10.0 Å². The van der Waals surface area contributed by atoms with Crippen LogP contribution in [0.1, 0.15) is 31.2 Å². The van der Waals surface area contributed by atoms with Crippen LogP contribution in [-0.4, -0.2) is 19.7 Å². The lowest BCUT2D eigenvalue weighted by atomic mass is 10.2.